The Morgan fingerprint density at radius 1 is 1.33 bits per heavy atom. The number of carbonyl (C=O) groups is 1. The van der Waals surface area contributed by atoms with Gasteiger partial charge in [-0.25, -0.2) is 4.98 Å². The van der Waals surface area contributed by atoms with Crippen molar-refractivity contribution in [2.45, 2.75) is 36.9 Å². The molecule has 0 atom stereocenters. The summed E-state index contributed by atoms with van der Waals surface area (Å²) in [7, 11) is 3.50. The minimum Gasteiger partial charge on any atom is -0.369 e. The third-order valence-electron chi connectivity index (χ3n) is 4.21. The molecule has 0 saturated heterocycles. The zero-order valence-corrected chi connectivity index (χ0v) is 14.0. The summed E-state index contributed by atoms with van der Waals surface area (Å²) in [5.74, 6) is 0.839. The molecule has 4 nitrogen and oxygen atoms in total. The number of aromatic nitrogens is 1. The van der Waals surface area contributed by atoms with Gasteiger partial charge in [0.05, 0.1) is 5.56 Å². The monoisotopic (exact) mass is 307 g/mol. The van der Waals surface area contributed by atoms with E-state index in [-0.39, 0.29) is 5.91 Å². The first kappa shape index (κ1) is 16.1. The maximum Gasteiger partial charge on any atom is 0.254 e. The third kappa shape index (κ3) is 4.13. The Kier molecular flexibility index (Phi) is 5.51. The molecule has 1 fully saturated rings. The van der Waals surface area contributed by atoms with E-state index in [0.717, 1.165) is 12.4 Å². The minimum atomic E-state index is -0.0121. The highest BCUT2D eigenvalue weighted by atomic mass is 32.2. The minimum absolute atomic E-state index is 0.0121. The van der Waals surface area contributed by atoms with Gasteiger partial charge in [0.1, 0.15) is 5.82 Å². The van der Waals surface area contributed by atoms with E-state index in [1.807, 2.05) is 23.9 Å². The Morgan fingerprint density at radius 2 is 2.05 bits per heavy atom. The molecule has 0 aromatic carbocycles. The Balaban J connectivity index is 1.95. The maximum atomic E-state index is 11.8. The first-order valence-corrected chi connectivity index (χ1v) is 8.75. The Hall–Kier alpha value is -1.23. The number of anilines is 1. The van der Waals surface area contributed by atoms with Gasteiger partial charge in [-0.2, -0.15) is 11.8 Å². The van der Waals surface area contributed by atoms with Crippen LogP contribution >= 0.6 is 11.8 Å². The van der Waals surface area contributed by atoms with Gasteiger partial charge in [-0.05, 0) is 31.2 Å². The van der Waals surface area contributed by atoms with Crippen LogP contribution in [0.1, 0.15) is 42.5 Å². The number of carbonyl (C=O) groups excluding carboxylic acids is 1. The van der Waals surface area contributed by atoms with E-state index in [1.165, 1.54) is 32.1 Å². The molecule has 1 N–H and O–H groups in total. The fraction of sp³-hybridized carbons (Fsp3) is 0.625. The van der Waals surface area contributed by atoms with E-state index in [4.69, 9.17) is 0 Å². The number of hydrogen-bond acceptors (Lipinski definition) is 4. The summed E-state index contributed by atoms with van der Waals surface area (Å²) >= 11 is 1.97. The average molecular weight is 307 g/mol. The predicted octanol–water partition coefficient (Wildman–Crippen LogP) is 3.26. The van der Waals surface area contributed by atoms with Crippen molar-refractivity contribution in [3.05, 3.63) is 23.9 Å². The van der Waals surface area contributed by atoms with Crippen molar-refractivity contribution in [3.8, 4) is 0 Å². The Bertz CT molecular complexity index is 467. The number of pyridine rings is 1. The molecule has 1 saturated carbocycles. The zero-order valence-electron chi connectivity index (χ0n) is 13.2. The van der Waals surface area contributed by atoms with Crippen LogP contribution in [0.15, 0.2) is 18.3 Å². The van der Waals surface area contributed by atoms with Crippen molar-refractivity contribution < 1.29 is 4.79 Å². The number of thioether (sulfide) groups is 1. The maximum absolute atomic E-state index is 11.8. The molecule has 0 aliphatic heterocycles. The summed E-state index contributed by atoms with van der Waals surface area (Å²) in [5, 5.41) is 3.44. The summed E-state index contributed by atoms with van der Waals surface area (Å²) in [6, 6.07) is 3.73. The fourth-order valence-corrected chi connectivity index (χ4v) is 3.70. The van der Waals surface area contributed by atoms with Gasteiger partial charge in [0.2, 0.25) is 0 Å². The van der Waals surface area contributed by atoms with E-state index in [1.54, 1.807) is 25.2 Å². The van der Waals surface area contributed by atoms with Crippen molar-refractivity contribution in [1.29, 1.82) is 0 Å². The lowest BCUT2D eigenvalue weighted by Gasteiger charge is -2.36. The number of nitrogens with one attached hydrogen (secondary N) is 1. The largest absolute Gasteiger partial charge is 0.369 e. The highest BCUT2D eigenvalue weighted by Crippen LogP contribution is 2.38. The van der Waals surface area contributed by atoms with Crippen molar-refractivity contribution in [2.75, 3.05) is 32.2 Å². The summed E-state index contributed by atoms with van der Waals surface area (Å²) in [4.78, 5) is 17.7. The predicted molar refractivity (Wildman–Crippen MR) is 90.1 cm³/mol. The number of amides is 1. The molecule has 0 bridgehead atoms. The normalized spacial score (nSPS) is 17.3. The second kappa shape index (κ2) is 7.16. The molecular weight excluding hydrogens is 282 g/mol. The summed E-state index contributed by atoms with van der Waals surface area (Å²) in [6.07, 6.45) is 10.4. The van der Waals surface area contributed by atoms with Crippen LogP contribution < -0.4 is 5.32 Å². The van der Waals surface area contributed by atoms with Gasteiger partial charge < -0.3 is 10.2 Å². The highest BCUT2D eigenvalue weighted by Gasteiger charge is 2.30. The summed E-state index contributed by atoms with van der Waals surface area (Å²) in [6.45, 7) is 0.947. The van der Waals surface area contributed by atoms with Crippen LogP contribution in [-0.2, 0) is 0 Å². The van der Waals surface area contributed by atoms with Gasteiger partial charge >= 0.3 is 0 Å². The molecule has 0 radical (unpaired) electrons. The molecule has 1 aromatic rings. The first-order valence-electron chi connectivity index (χ1n) is 7.53. The van der Waals surface area contributed by atoms with Crippen LogP contribution in [0.5, 0.6) is 0 Å². The van der Waals surface area contributed by atoms with Crippen LogP contribution in [0, 0.1) is 0 Å². The topological polar surface area (TPSA) is 45.2 Å². The molecular formula is C16H25N3OS. The molecule has 1 heterocycles. The van der Waals surface area contributed by atoms with E-state index in [0.29, 0.717) is 10.3 Å². The molecule has 2 rings (SSSR count). The molecule has 0 spiro atoms. The molecule has 21 heavy (non-hydrogen) atoms. The second-order valence-corrected chi connectivity index (χ2v) is 7.21. The van der Waals surface area contributed by atoms with Crippen molar-refractivity contribution in [1.82, 2.24) is 9.88 Å². The summed E-state index contributed by atoms with van der Waals surface area (Å²) in [5.41, 5.74) is 0.628. The lowest BCUT2D eigenvalue weighted by Crippen LogP contribution is -2.35. The Labute approximate surface area is 131 Å². The van der Waals surface area contributed by atoms with Crippen LogP contribution in [0.2, 0.25) is 0 Å². The van der Waals surface area contributed by atoms with Crippen LogP contribution in [0.3, 0.4) is 0 Å². The van der Waals surface area contributed by atoms with Gasteiger partial charge in [0.25, 0.3) is 5.91 Å². The Morgan fingerprint density at radius 3 is 2.57 bits per heavy atom. The van der Waals surface area contributed by atoms with Gasteiger partial charge in [-0.15, -0.1) is 0 Å². The molecule has 1 aromatic heterocycles. The number of nitrogens with zero attached hydrogens (tertiary/aromatic N) is 2. The number of rotatable bonds is 5. The van der Waals surface area contributed by atoms with Crippen molar-refractivity contribution in [2.24, 2.45) is 0 Å². The standard InChI is InChI=1S/C16H25N3OS/c1-19(2)15(20)13-7-8-14(17-11-13)18-12-16(21-3)9-5-4-6-10-16/h7-8,11H,4-6,9-10,12H2,1-3H3,(H,17,18). The molecule has 116 valence electrons. The van der Waals surface area contributed by atoms with Crippen molar-refractivity contribution in [3.63, 3.8) is 0 Å². The second-order valence-electron chi connectivity index (χ2n) is 5.93. The zero-order chi connectivity index (χ0) is 15.3. The smallest absolute Gasteiger partial charge is 0.254 e. The van der Waals surface area contributed by atoms with Gasteiger partial charge in [-0.1, -0.05) is 19.3 Å². The van der Waals surface area contributed by atoms with Gasteiger partial charge in [-0.3, -0.25) is 4.79 Å². The molecule has 1 aliphatic rings. The quantitative estimate of drug-likeness (QED) is 0.907. The lowest BCUT2D eigenvalue weighted by molar-refractivity contribution is 0.0827. The SMILES string of the molecule is CSC1(CNc2ccc(C(=O)N(C)C)cn2)CCCCC1. The summed E-state index contributed by atoms with van der Waals surface area (Å²) < 4.78 is 0.345. The lowest BCUT2D eigenvalue weighted by atomic mass is 9.88. The highest BCUT2D eigenvalue weighted by molar-refractivity contribution is 8.00. The fourth-order valence-electron chi connectivity index (χ4n) is 2.78. The van der Waals surface area contributed by atoms with Crippen molar-refractivity contribution >= 4 is 23.5 Å². The molecule has 0 unspecified atom stereocenters. The third-order valence-corrected chi connectivity index (χ3v) is 5.62. The molecule has 5 heteroatoms. The van der Waals surface area contributed by atoms with E-state index < -0.39 is 0 Å². The molecule has 1 amide bonds. The van der Waals surface area contributed by atoms with E-state index in [2.05, 4.69) is 16.6 Å². The average Bonchev–Trinajstić information content (AvgIpc) is 2.53. The first-order chi connectivity index (χ1) is 10.1. The van der Waals surface area contributed by atoms with Gasteiger partial charge in [0, 0.05) is 31.6 Å². The van der Waals surface area contributed by atoms with Crippen LogP contribution in [0.25, 0.3) is 0 Å². The number of hydrogen-bond donors (Lipinski definition) is 1. The van der Waals surface area contributed by atoms with E-state index in [9.17, 15) is 4.79 Å². The molecule has 1 aliphatic carbocycles. The van der Waals surface area contributed by atoms with Crippen LogP contribution in [-0.4, -0.2) is 47.4 Å². The van der Waals surface area contributed by atoms with Crippen LogP contribution in [0.4, 0.5) is 5.82 Å². The van der Waals surface area contributed by atoms with Gasteiger partial charge in [0.15, 0.2) is 0 Å². The van der Waals surface area contributed by atoms with E-state index >= 15 is 0 Å².